The molecule has 0 aliphatic rings. The van der Waals surface area contributed by atoms with E-state index in [2.05, 4.69) is 15.3 Å². The van der Waals surface area contributed by atoms with Crippen LogP contribution in [0.25, 0.3) is 10.6 Å². The van der Waals surface area contributed by atoms with E-state index in [9.17, 15) is 9.59 Å². The highest BCUT2D eigenvalue weighted by Crippen LogP contribution is 2.28. The lowest BCUT2D eigenvalue weighted by Gasteiger charge is -2.03. The number of aryl methyl sites for hydroxylation is 2. The Kier molecular flexibility index (Phi) is 5.81. The first-order chi connectivity index (χ1) is 11.0. The first-order valence-corrected chi connectivity index (χ1v) is 8.23. The minimum atomic E-state index is -0.454. The van der Waals surface area contributed by atoms with Gasteiger partial charge in [-0.1, -0.05) is 6.92 Å². The molecule has 0 saturated heterocycles. The van der Waals surface area contributed by atoms with Crippen molar-refractivity contribution < 1.29 is 14.3 Å². The lowest BCUT2D eigenvalue weighted by molar-refractivity contribution is -0.141. The molecule has 0 radical (unpaired) electrons. The molecule has 0 unspecified atom stereocenters. The summed E-state index contributed by atoms with van der Waals surface area (Å²) < 4.78 is 4.79. The predicted octanol–water partition coefficient (Wildman–Crippen LogP) is 2.37. The number of nitrogens with one attached hydrogen (secondary N) is 1. The number of pyridine rings is 1. The van der Waals surface area contributed by atoms with Crippen LogP contribution in [0.1, 0.15) is 34.9 Å². The molecule has 2 heterocycles. The van der Waals surface area contributed by atoms with Gasteiger partial charge in [0.05, 0.1) is 12.3 Å². The molecule has 0 aromatic carbocycles. The molecule has 0 bridgehead atoms. The summed E-state index contributed by atoms with van der Waals surface area (Å²) >= 11 is 1.30. The average molecular weight is 333 g/mol. The molecule has 0 aliphatic carbocycles. The molecule has 2 rings (SSSR count). The summed E-state index contributed by atoms with van der Waals surface area (Å²) in [6.45, 7) is 5.68. The van der Waals surface area contributed by atoms with E-state index in [4.69, 9.17) is 4.74 Å². The van der Waals surface area contributed by atoms with Gasteiger partial charge in [-0.25, -0.2) is 4.98 Å². The average Bonchev–Trinajstić information content (AvgIpc) is 2.95. The smallest absolute Gasteiger partial charge is 0.325 e. The fourth-order valence-corrected chi connectivity index (χ4v) is 2.96. The number of carbonyl (C=O) groups is 2. The van der Waals surface area contributed by atoms with Crippen molar-refractivity contribution in [3.63, 3.8) is 0 Å². The Morgan fingerprint density at radius 3 is 2.83 bits per heavy atom. The van der Waals surface area contributed by atoms with E-state index in [1.165, 1.54) is 11.3 Å². The van der Waals surface area contributed by atoms with Crippen molar-refractivity contribution in [3.05, 3.63) is 34.6 Å². The molecular weight excluding hydrogens is 314 g/mol. The van der Waals surface area contributed by atoms with Gasteiger partial charge in [0.2, 0.25) is 0 Å². The summed E-state index contributed by atoms with van der Waals surface area (Å²) in [5.41, 5.74) is 2.55. The van der Waals surface area contributed by atoms with Crippen LogP contribution in [0, 0.1) is 6.92 Å². The summed E-state index contributed by atoms with van der Waals surface area (Å²) in [5.74, 6) is -0.769. The van der Waals surface area contributed by atoms with Crippen LogP contribution in [0.4, 0.5) is 0 Å². The molecule has 1 amide bonds. The van der Waals surface area contributed by atoms with Crippen LogP contribution < -0.4 is 5.32 Å². The van der Waals surface area contributed by atoms with E-state index in [-0.39, 0.29) is 12.5 Å². The van der Waals surface area contributed by atoms with Crippen molar-refractivity contribution >= 4 is 23.2 Å². The molecule has 0 saturated carbocycles. The van der Waals surface area contributed by atoms with Crippen LogP contribution in [0.15, 0.2) is 18.3 Å². The van der Waals surface area contributed by atoms with Gasteiger partial charge in [-0.3, -0.25) is 14.6 Å². The third-order valence-electron chi connectivity index (χ3n) is 3.13. The van der Waals surface area contributed by atoms with Crippen molar-refractivity contribution in [2.24, 2.45) is 0 Å². The molecule has 1 N–H and O–H groups in total. The third kappa shape index (κ3) is 4.35. The number of aromatic nitrogens is 2. The second-order valence-electron chi connectivity index (χ2n) is 4.81. The maximum atomic E-state index is 12.2. The van der Waals surface area contributed by atoms with Crippen LogP contribution in [-0.2, 0) is 16.0 Å². The van der Waals surface area contributed by atoms with Crippen molar-refractivity contribution in [2.75, 3.05) is 13.2 Å². The van der Waals surface area contributed by atoms with E-state index < -0.39 is 5.97 Å². The number of esters is 1. The first-order valence-electron chi connectivity index (χ1n) is 7.41. The topological polar surface area (TPSA) is 81.2 Å². The van der Waals surface area contributed by atoms with Crippen molar-refractivity contribution in [3.8, 4) is 10.6 Å². The van der Waals surface area contributed by atoms with Gasteiger partial charge in [-0.2, -0.15) is 0 Å². The fraction of sp³-hybridized carbons (Fsp3) is 0.375. The highest BCUT2D eigenvalue weighted by molar-refractivity contribution is 7.17. The Labute approximate surface area is 138 Å². The Bertz CT molecular complexity index is 712. The number of carbonyl (C=O) groups excluding carboxylic acids is 2. The number of amides is 1. The summed E-state index contributed by atoms with van der Waals surface area (Å²) in [6.07, 6.45) is 2.58. The van der Waals surface area contributed by atoms with Gasteiger partial charge < -0.3 is 10.1 Å². The molecule has 122 valence electrons. The van der Waals surface area contributed by atoms with E-state index in [0.717, 1.165) is 22.7 Å². The normalized spacial score (nSPS) is 10.4. The Morgan fingerprint density at radius 2 is 2.13 bits per heavy atom. The van der Waals surface area contributed by atoms with Crippen molar-refractivity contribution in [1.29, 1.82) is 0 Å². The monoisotopic (exact) mass is 333 g/mol. The molecule has 7 heteroatoms. The van der Waals surface area contributed by atoms with Gasteiger partial charge in [-0.05, 0) is 32.4 Å². The molecule has 23 heavy (non-hydrogen) atoms. The quantitative estimate of drug-likeness (QED) is 0.821. The molecule has 0 spiro atoms. The zero-order valence-electron chi connectivity index (χ0n) is 13.4. The van der Waals surface area contributed by atoms with Gasteiger partial charge in [0.15, 0.2) is 0 Å². The van der Waals surface area contributed by atoms with E-state index in [0.29, 0.717) is 17.2 Å². The van der Waals surface area contributed by atoms with E-state index in [1.807, 2.05) is 19.1 Å². The third-order valence-corrected chi connectivity index (χ3v) is 4.33. The molecular formula is C16H19N3O3S. The van der Waals surface area contributed by atoms with Gasteiger partial charge >= 0.3 is 5.97 Å². The molecule has 6 nitrogen and oxygen atoms in total. The molecule has 0 aliphatic heterocycles. The fourth-order valence-electron chi connectivity index (χ4n) is 1.98. The number of hydrogen-bond acceptors (Lipinski definition) is 6. The van der Waals surface area contributed by atoms with Crippen LogP contribution in [-0.4, -0.2) is 35.0 Å². The summed E-state index contributed by atoms with van der Waals surface area (Å²) in [6, 6.07) is 3.84. The van der Waals surface area contributed by atoms with Gasteiger partial charge in [0, 0.05) is 17.5 Å². The second kappa shape index (κ2) is 7.82. The van der Waals surface area contributed by atoms with Crippen LogP contribution in [0.2, 0.25) is 0 Å². The van der Waals surface area contributed by atoms with E-state index in [1.54, 1.807) is 20.0 Å². The SMILES string of the molecule is CCOC(=O)CNC(=O)c1sc(-c2ccnc(CC)c2)nc1C. The Hall–Kier alpha value is -2.28. The minimum absolute atomic E-state index is 0.144. The zero-order valence-corrected chi connectivity index (χ0v) is 14.2. The number of rotatable bonds is 6. The highest BCUT2D eigenvalue weighted by Gasteiger charge is 2.17. The summed E-state index contributed by atoms with van der Waals surface area (Å²) in [4.78, 5) is 32.7. The lowest BCUT2D eigenvalue weighted by Crippen LogP contribution is -2.30. The van der Waals surface area contributed by atoms with Crippen molar-refractivity contribution in [2.45, 2.75) is 27.2 Å². The number of hydrogen-bond donors (Lipinski definition) is 1. The van der Waals surface area contributed by atoms with Gasteiger partial charge in [-0.15, -0.1) is 11.3 Å². The van der Waals surface area contributed by atoms with Crippen LogP contribution in [0.5, 0.6) is 0 Å². The van der Waals surface area contributed by atoms with Crippen LogP contribution in [0.3, 0.4) is 0 Å². The molecule has 2 aromatic heterocycles. The Morgan fingerprint density at radius 1 is 1.35 bits per heavy atom. The highest BCUT2D eigenvalue weighted by atomic mass is 32.1. The number of ether oxygens (including phenoxy) is 1. The largest absolute Gasteiger partial charge is 0.465 e. The summed E-state index contributed by atoms with van der Waals surface area (Å²) in [5, 5.41) is 3.32. The minimum Gasteiger partial charge on any atom is -0.465 e. The number of nitrogens with zero attached hydrogens (tertiary/aromatic N) is 2. The lowest BCUT2D eigenvalue weighted by atomic mass is 10.2. The molecule has 0 atom stereocenters. The maximum Gasteiger partial charge on any atom is 0.325 e. The van der Waals surface area contributed by atoms with Crippen LogP contribution >= 0.6 is 11.3 Å². The first kappa shape index (κ1) is 17.1. The Balaban J connectivity index is 2.14. The zero-order chi connectivity index (χ0) is 16.8. The van der Waals surface area contributed by atoms with Gasteiger partial charge in [0.1, 0.15) is 16.4 Å². The standard InChI is InChI=1S/C16H19N3O3S/c1-4-12-8-11(6-7-17-12)16-19-10(3)14(23-16)15(21)18-9-13(20)22-5-2/h6-8H,4-5,9H2,1-3H3,(H,18,21). The van der Waals surface area contributed by atoms with Crippen molar-refractivity contribution in [1.82, 2.24) is 15.3 Å². The maximum absolute atomic E-state index is 12.2. The molecule has 0 fully saturated rings. The molecule has 2 aromatic rings. The predicted molar refractivity (Wildman–Crippen MR) is 88.4 cm³/mol. The second-order valence-corrected chi connectivity index (χ2v) is 5.81. The number of thiazole rings is 1. The van der Waals surface area contributed by atoms with Gasteiger partial charge in [0.25, 0.3) is 5.91 Å². The summed E-state index contributed by atoms with van der Waals surface area (Å²) in [7, 11) is 0. The van der Waals surface area contributed by atoms with E-state index >= 15 is 0 Å².